The molecule has 1 aromatic carbocycles. The molecular weight excluding hydrogens is 248 g/mol. The molecule has 0 N–H and O–H groups in total. The highest BCUT2D eigenvalue weighted by Gasteiger charge is 2.67. The Balaban J connectivity index is 1.47. The molecule has 3 saturated carbocycles. The molecule has 0 heterocycles. The molecule has 0 amide bonds. The Kier molecular flexibility index (Phi) is 2.70. The summed E-state index contributed by atoms with van der Waals surface area (Å²) in [6, 6.07) is 7.74. The number of benzene rings is 1. The van der Waals surface area contributed by atoms with E-state index in [4.69, 9.17) is 4.74 Å². The van der Waals surface area contributed by atoms with Crippen molar-refractivity contribution in [1.82, 2.24) is 0 Å². The Hall–Kier alpha value is -1.31. The maximum absolute atomic E-state index is 12.6. The number of ketones is 1. The number of fused-ring (bicyclic) bond motifs is 5. The molecule has 3 aliphatic carbocycles. The molecule has 4 unspecified atom stereocenters. The Labute approximate surface area is 120 Å². The quantitative estimate of drug-likeness (QED) is 0.774. The number of carbonyl (C=O) groups excluding carboxylic acids is 1. The number of hydrogen-bond donors (Lipinski definition) is 0. The van der Waals surface area contributed by atoms with Gasteiger partial charge >= 0.3 is 0 Å². The molecule has 0 radical (unpaired) electrons. The smallest absolute Gasteiger partial charge is 0.166 e. The molecule has 0 saturated heterocycles. The highest BCUT2D eigenvalue weighted by Crippen LogP contribution is 2.69. The SMILES string of the molecule is CC(C)Oc1ccc(C(=O)C2C3C4CCC(C4)C23)cc1. The molecule has 2 nitrogen and oxygen atoms in total. The van der Waals surface area contributed by atoms with Gasteiger partial charge in [0.1, 0.15) is 5.75 Å². The van der Waals surface area contributed by atoms with Crippen LogP contribution in [0.15, 0.2) is 24.3 Å². The third kappa shape index (κ3) is 1.81. The zero-order chi connectivity index (χ0) is 13.9. The number of Topliss-reactive ketones (excluding diaryl/α,β-unsaturated/α-hetero) is 1. The van der Waals surface area contributed by atoms with Crippen LogP contribution >= 0.6 is 0 Å². The topological polar surface area (TPSA) is 26.3 Å². The Morgan fingerprint density at radius 2 is 1.70 bits per heavy atom. The fourth-order valence-corrected chi connectivity index (χ4v) is 4.84. The maximum Gasteiger partial charge on any atom is 0.166 e. The van der Waals surface area contributed by atoms with E-state index in [0.717, 1.165) is 35.0 Å². The van der Waals surface area contributed by atoms with Crippen molar-refractivity contribution in [3.63, 3.8) is 0 Å². The van der Waals surface area contributed by atoms with Gasteiger partial charge in [-0.3, -0.25) is 4.79 Å². The van der Waals surface area contributed by atoms with Crippen molar-refractivity contribution in [3.05, 3.63) is 29.8 Å². The van der Waals surface area contributed by atoms with Crippen LogP contribution in [0, 0.1) is 29.6 Å². The molecule has 20 heavy (non-hydrogen) atoms. The second-order valence-corrected chi connectivity index (χ2v) is 7.07. The summed E-state index contributed by atoms with van der Waals surface area (Å²) < 4.78 is 5.63. The zero-order valence-corrected chi connectivity index (χ0v) is 12.2. The average Bonchev–Trinajstić information content (AvgIpc) is 2.86. The van der Waals surface area contributed by atoms with Crippen LogP contribution < -0.4 is 4.74 Å². The summed E-state index contributed by atoms with van der Waals surface area (Å²) in [6.07, 6.45) is 4.32. The van der Waals surface area contributed by atoms with Gasteiger partial charge in [0.05, 0.1) is 6.10 Å². The first kappa shape index (κ1) is 12.4. The summed E-state index contributed by atoms with van der Waals surface area (Å²) in [5.74, 6) is 4.77. The lowest BCUT2D eigenvalue weighted by Gasteiger charge is -2.11. The second kappa shape index (κ2) is 4.34. The number of rotatable bonds is 4. The molecule has 0 spiro atoms. The van der Waals surface area contributed by atoms with Crippen LogP contribution in [-0.2, 0) is 0 Å². The Bertz CT molecular complexity index is 515. The molecule has 106 valence electrons. The molecule has 4 rings (SSSR count). The monoisotopic (exact) mass is 270 g/mol. The second-order valence-electron chi connectivity index (χ2n) is 7.07. The molecule has 1 aromatic rings. The average molecular weight is 270 g/mol. The van der Waals surface area contributed by atoms with E-state index in [0.29, 0.717) is 11.7 Å². The first-order valence-corrected chi connectivity index (χ1v) is 7.96. The summed E-state index contributed by atoms with van der Waals surface area (Å²) in [4.78, 5) is 12.6. The Morgan fingerprint density at radius 3 is 2.25 bits per heavy atom. The third-order valence-corrected chi connectivity index (χ3v) is 5.55. The van der Waals surface area contributed by atoms with E-state index in [1.54, 1.807) is 0 Å². The highest BCUT2D eigenvalue weighted by molar-refractivity contribution is 6.00. The lowest BCUT2D eigenvalue weighted by molar-refractivity contribution is 0.0944. The lowest BCUT2D eigenvalue weighted by Crippen LogP contribution is -2.10. The minimum atomic E-state index is 0.176. The first-order valence-electron chi connectivity index (χ1n) is 7.96. The van der Waals surface area contributed by atoms with Gasteiger partial charge in [-0.15, -0.1) is 0 Å². The van der Waals surface area contributed by atoms with Crippen molar-refractivity contribution >= 4 is 5.78 Å². The minimum absolute atomic E-state index is 0.176. The molecule has 3 aliphatic rings. The van der Waals surface area contributed by atoms with Gasteiger partial charge in [-0.05, 0) is 81.0 Å². The summed E-state index contributed by atoms with van der Waals surface area (Å²) in [7, 11) is 0. The van der Waals surface area contributed by atoms with Gasteiger partial charge in [0, 0.05) is 11.5 Å². The van der Waals surface area contributed by atoms with Crippen molar-refractivity contribution in [2.75, 3.05) is 0 Å². The van der Waals surface area contributed by atoms with Crippen molar-refractivity contribution in [1.29, 1.82) is 0 Å². The van der Waals surface area contributed by atoms with Gasteiger partial charge in [-0.2, -0.15) is 0 Å². The van der Waals surface area contributed by atoms with Crippen LogP contribution in [0.1, 0.15) is 43.5 Å². The highest BCUT2D eigenvalue weighted by atomic mass is 16.5. The summed E-state index contributed by atoms with van der Waals surface area (Å²) in [6.45, 7) is 4.03. The van der Waals surface area contributed by atoms with E-state index < -0.39 is 0 Å². The van der Waals surface area contributed by atoms with Gasteiger partial charge in [0.25, 0.3) is 0 Å². The van der Waals surface area contributed by atoms with Gasteiger partial charge < -0.3 is 4.74 Å². The molecular formula is C18H22O2. The standard InChI is InChI=1S/C18H22O2/c1-10(2)20-14-7-5-11(6-8-14)18(19)17-15-12-3-4-13(9-12)16(15)17/h5-8,10,12-13,15-17H,3-4,9H2,1-2H3. The molecule has 0 aliphatic heterocycles. The van der Waals surface area contributed by atoms with Crippen LogP contribution in [0.4, 0.5) is 0 Å². The number of hydrogen-bond acceptors (Lipinski definition) is 2. The van der Waals surface area contributed by atoms with Crippen molar-refractivity contribution in [3.8, 4) is 5.75 Å². The van der Waals surface area contributed by atoms with Gasteiger partial charge in [0.15, 0.2) is 5.78 Å². The molecule has 2 heteroatoms. The molecule has 2 bridgehead atoms. The predicted molar refractivity (Wildman–Crippen MR) is 77.8 cm³/mol. The fraction of sp³-hybridized carbons (Fsp3) is 0.611. The lowest BCUT2D eigenvalue weighted by atomic mass is 9.96. The fourth-order valence-electron chi connectivity index (χ4n) is 4.84. The van der Waals surface area contributed by atoms with Gasteiger partial charge in [0.2, 0.25) is 0 Å². The van der Waals surface area contributed by atoms with Crippen molar-refractivity contribution in [2.24, 2.45) is 29.6 Å². The third-order valence-electron chi connectivity index (χ3n) is 5.55. The van der Waals surface area contributed by atoms with Gasteiger partial charge in [-0.25, -0.2) is 0 Å². The van der Waals surface area contributed by atoms with E-state index in [9.17, 15) is 4.79 Å². The first-order chi connectivity index (χ1) is 9.65. The van der Waals surface area contributed by atoms with Crippen LogP contribution in [0.5, 0.6) is 5.75 Å². The van der Waals surface area contributed by atoms with Crippen LogP contribution in [0.2, 0.25) is 0 Å². The summed E-state index contributed by atoms with van der Waals surface area (Å²) in [5.41, 5.74) is 0.875. The zero-order valence-electron chi connectivity index (χ0n) is 12.2. The van der Waals surface area contributed by atoms with Crippen LogP contribution in [-0.4, -0.2) is 11.9 Å². The minimum Gasteiger partial charge on any atom is -0.491 e. The number of carbonyl (C=O) groups is 1. The van der Waals surface area contributed by atoms with Crippen LogP contribution in [0.25, 0.3) is 0 Å². The number of ether oxygens (including phenoxy) is 1. The van der Waals surface area contributed by atoms with Crippen molar-refractivity contribution < 1.29 is 9.53 Å². The molecule has 4 atom stereocenters. The molecule has 0 aromatic heterocycles. The van der Waals surface area contributed by atoms with E-state index in [1.807, 2.05) is 38.1 Å². The normalized spacial score (nSPS) is 37.0. The summed E-state index contributed by atoms with van der Waals surface area (Å²) >= 11 is 0. The van der Waals surface area contributed by atoms with Gasteiger partial charge in [-0.1, -0.05) is 0 Å². The van der Waals surface area contributed by atoms with E-state index in [1.165, 1.54) is 19.3 Å². The largest absolute Gasteiger partial charge is 0.491 e. The van der Waals surface area contributed by atoms with Crippen molar-refractivity contribution in [2.45, 2.75) is 39.2 Å². The van der Waals surface area contributed by atoms with E-state index >= 15 is 0 Å². The predicted octanol–water partition coefficient (Wildman–Crippen LogP) is 3.95. The molecule has 3 fully saturated rings. The Morgan fingerprint density at radius 1 is 1.10 bits per heavy atom. The maximum atomic E-state index is 12.6. The van der Waals surface area contributed by atoms with Crippen LogP contribution in [0.3, 0.4) is 0 Å². The van der Waals surface area contributed by atoms with E-state index in [-0.39, 0.29) is 6.10 Å². The summed E-state index contributed by atoms with van der Waals surface area (Å²) in [5, 5.41) is 0. The van der Waals surface area contributed by atoms with E-state index in [2.05, 4.69) is 0 Å².